The van der Waals surface area contributed by atoms with E-state index in [4.69, 9.17) is 5.73 Å². The molecule has 0 spiro atoms. The summed E-state index contributed by atoms with van der Waals surface area (Å²) in [5.41, 5.74) is 7.67. The number of carbonyl (C=O) groups excluding carboxylic acids is 1. The van der Waals surface area contributed by atoms with Crippen LogP contribution < -0.4 is 11.1 Å². The quantitative estimate of drug-likeness (QED) is 0.869. The lowest BCUT2D eigenvalue weighted by molar-refractivity contribution is 0.0934. The molecular formula is C15H19N3O. The van der Waals surface area contributed by atoms with Crippen molar-refractivity contribution in [1.29, 1.82) is 0 Å². The summed E-state index contributed by atoms with van der Waals surface area (Å²) in [5, 5.41) is 3.74. The van der Waals surface area contributed by atoms with Gasteiger partial charge in [-0.3, -0.25) is 4.79 Å². The van der Waals surface area contributed by atoms with Crippen molar-refractivity contribution in [3.63, 3.8) is 0 Å². The number of carbonyl (C=O) groups is 1. The largest absolute Gasteiger partial charge is 0.398 e. The van der Waals surface area contributed by atoms with E-state index in [2.05, 4.69) is 31.1 Å². The first kappa shape index (κ1) is 13.3. The normalized spacial score (nSPS) is 11.5. The van der Waals surface area contributed by atoms with Crippen LogP contribution in [0, 0.1) is 5.41 Å². The third kappa shape index (κ3) is 3.22. The van der Waals surface area contributed by atoms with Gasteiger partial charge in [0.25, 0.3) is 5.91 Å². The van der Waals surface area contributed by atoms with E-state index in [1.54, 1.807) is 6.07 Å². The van der Waals surface area contributed by atoms with Gasteiger partial charge in [-0.25, -0.2) is 4.98 Å². The third-order valence-electron chi connectivity index (χ3n) is 2.76. The van der Waals surface area contributed by atoms with E-state index in [1.165, 1.54) is 0 Å². The van der Waals surface area contributed by atoms with Crippen LogP contribution in [0.1, 0.15) is 31.3 Å². The number of nitrogens with zero attached hydrogens (tertiary/aromatic N) is 1. The van der Waals surface area contributed by atoms with E-state index < -0.39 is 0 Å². The smallest absolute Gasteiger partial charge is 0.269 e. The summed E-state index contributed by atoms with van der Waals surface area (Å²) in [6.07, 6.45) is 0. The molecule has 0 bridgehead atoms. The van der Waals surface area contributed by atoms with Crippen LogP contribution in [-0.4, -0.2) is 17.4 Å². The molecule has 0 aliphatic rings. The number of amides is 1. The molecule has 4 nitrogen and oxygen atoms in total. The van der Waals surface area contributed by atoms with Crippen molar-refractivity contribution < 1.29 is 4.79 Å². The topological polar surface area (TPSA) is 68.0 Å². The lowest BCUT2D eigenvalue weighted by atomic mass is 9.97. The molecule has 1 aromatic heterocycles. The molecule has 0 aliphatic heterocycles. The standard InChI is InChI=1S/C15H19N3O/c1-15(2,3)9-17-14(19)13-8-11(16)10-6-4-5-7-12(10)18-13/h4-8H,9H2,1-3H3,(H2,16,18)(H,17,19). The highest BCUT2D eigenvalue weighted by molar-refractivity contribution is 5.99. The van der Waals surface area contributed by atoms with Crippen LogP contribution in [0.3, 0.4) is 0 Å². The number of nitrogen functional groups attached to an aromatic ring is 1. The number of fused-ring (bicyclic) bond motifs is 1. The SMILES string of the molecule is CC(C)(C)CNC(=O)c1cc(N)c2ccccc2n1. The summed E-state index contributed by atoms with van der Waals surface area (Å²) >= 11 is 0. The van der Waals surface area contributed by atoms with Gasteiger partial charge in [0.1, 0.15) is 5.69 Å². The average molecular weight is 257 g/mol. The molecule has 2 aromatic rings. The van der Waals surface area contributed by atoms with Crippen molar-refractivity contribution in [2.45, 2.75) is 20.8 Å². The van der Waals surface area contributed by atoms with Crippen molar-refractivity contribution >= 4 is 22.5 Å². The Hall–Kier alpha value is -2.10. The highest BCUT2D eigenvalue weighted by Gasteiger charge is 2.15. The molecule has 0 unspecified atom stereocenters. The third-order valence-corrected chi connectivity index (χ3v) is 2.76. The monoisotopic (exact) mass is 257 g/mol. The zero-order valence-electron chi connectivity index (χ0n) is 11.5. The summed E-state index contributed by atoms with van der Waals surface area (Å²) in [6.45, 7) is 6.79. The van der Waals surface area contributed by atoms with Gasteiger partial charge in [0, 0.05) is 17.6 Å². The fraction of sp³-hybridized carbons (Fsp3) is 0.333. The summed E-state index contributed by atoms with van der Waals surface area (Å²) in [5.74, 6) is -0.188. The fourth-order valence-electron chi connectivity index (χ4n) is 1.75. The maximum absolute atomic E-state index is 12.1. The molecule has 0 radical (unpaired) electrons. The molecule has 3 N–H and O–H groups in total. The first-order valence-electron chi connectivity index (χ1n) is 6.30. The molecule has 0 fully saturated rings. The molecule has 100 valence electrons. The zero-order valence-corrected chi connectivity index (χ0v) is 11.5. The maximum Gasteiger partial charge on any atom is 0.269 e. The van der Waals surface area contributed by atoms with E-state index in [0.717, 1.165) is 10.9 Å². The van der Waals surface area contributed by atoms with Gasteiger partial charge < -0.3 is 11.1 Å². The Labute approximate surface area is 113 Å². The Balaban J connectivity index is 2.28. The second-order valence-corrected chi connectivity index (χ2v) is 5.86. The zero-order chi connectivity index (χ0) is 14.0. The van der Waals surface area contributed by atoms with Crippen LogP contribution in [0.2, 0.25) is 0 Å². The highest BCUT2D eigenvalue weighted by Crippen LogP contribution is 2.20. The molecule has 0 saturated carbocycles. The molecule has 4 heteroatoms. The average Bonchev–Trinajstić information content (AvgIpc) is 2.35. The Morgan fingerprint density at radius 2 is 2.00 bits per heavy atom. The Kier molecular flexibility index (Phi) is 3.42. The van der Waals surface area contributed by atoms with Gasteiger partial charge in [0.2, 0.25) is 0 Å². The van der Waals surface area contributed by atoms with Gasteiger partial charge in [-0.2, -0.15) is 0 Å². The van der Waals surface area contributed by atoms with Crippen molar-refractivity contribution in [3.05, 3.63) is 36.0 Å². The van der Waals surface area contributed by atoms with Crippen molar-refractivity contribution in [1.82, 2.24) is 10.3 Å². The number of nitrogens with two attached hydrogens (primary N) is 1. The second kappa shape index (κ2) is 4.88. The summed E-state index contributed by atoms with van der Waals surface area (Å²) in [7, 11) is 0. The molecule has 2 rings (SSSR count). The minimum atomic E-state index is -0.188. The van der Waals surface area contributed by atoms with Gasteiger partial charge >= 0.3 is 0 Å². The number of benzene rings is 1. The molecule has 19 heavy (non-hydrogen) atoms. The van der Waals surface area contributed by atoms with Crippen molar-refractivity contribution in [2.24, 2.45) is 5.41 Å². The van der Waals surface area contributed by atoms with Gasteiger partial charge in [0.15, 0.2) is 0 Å². The van der Waals surface area contributed by atoms with Gasteiger partial charge in [0.05, 0.1) is 5.52 Å². The Morgan fingerprint density at radius 3 is 2.68 bits per heavy atom. The molecule has 1 heterocycles. The number of rotatable bonds is 2. The van der Waals surface area contributed by atoms with Crippen LogP contribution >= 0.6 is 0 Å². The summed E-state index contributed by atoms with van der Waals surface area (Å²) in [6, 6.07) is 9.16. The molecule has 0 aliphatic carbocycles. The van der Waals surface area contributed by atoms with Crippen LogP contribution in [-0.2, 0) is 0 Å². The first-order valence-corrected chi connectivity index (χ1v) is 6.30. The number of hydrogen-bond acceptors (Lipinski definition) is 3. The van der Waals surface area contributed by atoms with Crippen molar-refractivity contribution in [3.8, 4) is 0 Å². The van der Waals surface area contributed by atoms with Crippen LogP contribution in [0.25, 0.3) is 10.9 Å². The second-order valence-electron chi connectivity index (χ2n) is 5.86. The predicted octanol–water partition coefficient (Wildman–Crippen LogP) is 2.59. The van der Waals surface area contributed by atoms with E-state index >= 15 is 0 Å². The van der Waals surface area contributed by atoms with E-state index in [9.17, 15) is 4.79 Å². The van der Waals surface area contributed by atoms with E-state index in [0.29, 0.717) is 17.9 Å². The predicted molar refractivity (Wildman–Crippen MR) is 77.9 cm³/mol. The number of aromatic nitrogens is 1. The van der Waals surface area contributed by atoms with Gasteiger partial charge in [-0.15, -0.1) is 0 Å². The molecule has 0 atom stereocenters. The molecular weight excluding hydrogens is 238 g/mol. The van der Waals surface area contributed by atoms with Crippen LogP contribution in [0.15, 0.2) is 30.3 Å². The van der Waals surface area contributed by atoms with Crippen LogP contribution in [0.5, 0.6) is 0 Å². The van der Waals surface area contributed by atoms with Gasteiger partial charge in [-0.05, 0) is 17.5 Å². The fourth-order valence-corrected chi connectivity index (χ4v) is 1.75. The number of pyridine rings is 1. The van der Waals surface area contributed by atoms with E-state index in [1.807, 2.05) is 24.3 Å². The van der Waals surface area contributed by atoms with Crippen molar-refractivity contribution in [2.75, 3.05) is 12.3 Å². The number of nitrogens with one attached hydrogen (secondary N) is 1. The lowest BCUT2D eigenvalue weighted by Gasteiger charge is -2.18. The van der Waals surface area contributed by atoms with Gasteiger partial charge in [-0.1, -0.05) is 39.0 Å². The number of anilines is 1. The Morgan fingerprint density at radius 1 is 1.32 bits per heavy atom. The number of para-hydroxylation sites is 1. The first-order chi connectivity index (χ1) is 8.87. The molecule has 1 amide bonds. The minimum Gasteiger partial charge on any atom is -0.398 e. The van der Waals surface area contributed by atoms with E-state index in [-0.39, 0.29) is 11.3 Å². The Bertz CT molecular complexity index is 614. The number of hydrogen-bond donors (Lipinski definition) is 2. The molecule has 1 aromatic carbocycles. The summed E-state index contributed by atoms with van der Waals surface area (Å²) in [4.78, 5) is 16.4. The summed E-state index contributed by atoms with van der Waals surface area (Å²) < 4.78 is 0. The maximum atomic E-state index is 12.1. The lowest BCUT2D eigenvalue weighted by Crippen LogP contribution is -2.32. The highest BCUT2D eigenvalue weighted by atomic mass is 16.1. The minimum absolute atomic E-state index is 0.0397. The van der Waals surface area contributed by atoms with Crippen LogP contribution in [0.4, 0.5) is 5.69 Å². The molecule has 0 saturated heterocycles.